The van der Waals surface area contributed by atoms with Gasteiger partial charge in [0.2, 0.25) is 0 Å². The summed E-state index contributed by atoms with van der Waals surface area (Å²) in [6, 6.07) is 0. The number of unbranched alkanes of at least 4 members (excludes halogenated alkanes) is 5. The number of halogens is 12. The Morgan fingerprint density at radius 3 is 1.34 bits per heavy atom. The third-order valence-corrected chi connectivity index (χ3v) is 6.16. The van der Waals surface area contributed by atoms with E-state index in [1.165, 1.54) is 22.6 Å². The highest BCUT2D eigenvalue weighted by Gasteiger charge is 3.00. The minimum absolute atomic E-state index is 0.208. The van der Waals surface area contributed by atoms with Crippen LogP contribution in [0.1, 0.15) is 65.2 Å². The lowest BCUT2D eigenvalue weighted by Gasteiger charge is -2.53. The first-order valence-electron chi connectivity index (χ1n) is 9.04. The molecule has 0 aromatic carbocycles. The second-order valence-electron chi connectivity index (χ2n) is 7.78. The Hall–Kier alpha value is -0.0400. The van der Waals surface area contributed by atoms with Crippen molar-refractivity contribution in [3.8, 4) is 0 Å². The van der Waals surface area contributed by atoms with Crippen LogP contribution >= 0.6 is 22.6 Å². The van der Waals surface area contributed by atoms with Gasteiger partial charge in [0.15, 0.2) is 0 Å². The summed E-state index contributed by atoms with van der Waals surface area (Å²) >= 11 is 1.24. The van der Waals surface area contributed by atoms with E-state index in [1.807, 2.05) is 6.92 Å². The molecule has 0 N–H and O–H groups in total. The molecule has 0 aromatic rings. The Balaban J connectivity index is 3.19. The molecular formula is C17H22F11I. The van der Waals surface area contributed by atoms with E-state index in [0.717, 1.165) is 26.2 Å². The van der Waals surface area contributed by atoms with E-state index in [9.17, 15) is 48.3 Å². The lowest BCUT2D eigenvalue weighted by atomic mass is 9.68. The number of hydrogen-bond donors (Lipinski definition) is 0. The van der Waals surface area contributed by atoms with Gasteiger partial charge in [0.1, 0.15) is 0 Å². The fourth-order valence-corrected chi connectivity index (χ4v) is 4.29. The molecule has 1 atom stereocenters. The molecule has 1 rings (SSSR count). The van der Waals surface area contributed by atoms with Crippen molar-refractivity contribution >= 4 is 22.6 Å². The van der Waals surface area contributed by atoms with Crippen LogP contribution in [0.15, 0.2) is 0 Å². The van der Waals surface area contributed by atoms with E-state index < -0.39 is 45.1 Å². The third-order valence-electron chi connectivity index (χ3n) is 5.24. The molecule has 0 heterocycles. The normalized spacial score (nSPS) is 27.9. The second-order valence-corrected chi connectivity index (χ2v) is 10.4. The predicted molar refractivity (Wildman–Crippen MR) is 93.6 cm³/mol. The lowest BCUT2D eigenvalue weighted by molar-refractivity contribution is -0.486. The molecule has 1 aliphatic rings. The van der Waals surface area contributed by atoms with Gasteiger partial charge in [-0.3, -0.25) is 0 Å². The van der Waals surface area contributed by atoms with Gasteiger partial charge in [0.25, 0.3) is 5.67 Å². The van der Waals surface area contributed by atoms with Crippen molar-refractivity contribution in [1.29, 1.82) is 0 Å². The molecule has 0 radical (unpaired) electrons. The molecule has 1 unspecified atom stereocenters. The first-order valence-corrected chi connectivity index (χ1v) is 10.1. The summed E-state index contributed by atoms with van der Waals surface area (Å²) in [7, 11) is 0. The van der Waals surface area contributed by atoms with Gasteiger partial charge in [-0.15, -0.1) is 0 Å². The second kappa shape index (κ2) is 8.14. The summed E-state index contributed by atoms with van der Waals surface area (Å²) < 4.78 is 150. The molecule has 1 saturated carbocycles. The maximum Gasteiger partial charge on any atom is 0.384 e. The molecule has 12 heteroatoms. The fraction of sp³-hybridized carbons (Fsp3) is 1.00. The highest BCUT2D eigenvalue weighted by molar-refractivity contribution is 14.1. The summed E-state index contributed by atoms with van der Waals surface area (Å²) in [6.07, 6.45) is 1.66. The minimum atomic E-state index is -7.15. The molecular weight excluding hydrogens is 540 g/mol. The lowest BCUT2D eigenvalue weighted by Crippen LogP contribution is -2.84. The summed E-state index contributed by atoms with van der Waals surface area (Å²) in [5.74, 6) is -34.7. The van der Waals surface area contributed by atoms with Crippen molar-refractivity contribution in [2.45, 2.75) is 104 Å². The zero-order valence-corrected chi connectivity index (χ0v) is 17.8. The van der Waals surface area contributed by atoms with Crippen LogP contribution in [-0.2, 0) is 0 Å². The average molecular weight is 562 g/mol. The summed E-state index contributed by atoms with van der Waals surface area (Å²) in [4.78, 5) is 0. The fourth-order valence-electron chi connectivity index (χ4n) is 3.38. The molecule has 174 valence electrons. The van der Waals surface area contributed by atoms with Gasteiger partial charge in [0, 0.05) is 9.84 Å². The van der Waals surface area contributed by atoms with Crippen LogP contribution < -0.4 is 0 Å². The van der Waals surface area contributed by atoms with Gasteiger partial charge in [-0.25, -0.2) is 4.39 Å². The smallest absolute Gasteiger partial charge is 0.230 e. The number of hydrogen-bond acceptors (Lipinski definition) is 0. The highest BCUT2D eigenvalue weighted by atomic mass is 127. The SMILES string of the molecule is CCCCCCCCC(C)(I)CC1(F)C(F)(F)C(F)(F)C(F)(F)C(F)(F)C1(F)F. The van der Waals surface area contributed by atoms with E-state index in [0.29, 0.717) is 12.8 Å². The molecule has 0 nitrogen and oxygen atoms in total. The van der Waals surface area contributed by atoms with Crippen LogP contribution in [-0.4, -0.2) is 38.7 Å². The van der Waals surface area contributed by atoms with Crippen LogP contribution in [0.25, 0.3) is 0 Å². The van der Waals surface area contributed by atoms with Gasteiger partial charge in [-0.05, 0) is 6.42 Å². The molecule has 0 aliphatic heterocycles. The average Bonchev–Trinajstić information content (AvgIpc) is 2.55. The van der Waals surface area contributed by atoms with Crippen molar-refractivity contribution in [1.82, 2.24) is 0 Å². The standard InChI is InChI=1S/C17H22F11I/c1-3-4-5-6-7-8-9-11(2,29)10-12(18)13(19,20)15(23,24)17(27,28)16(25,26)14(12,21)22/h3-10H2,1-2H3. The van der Waals surface area contributed by atoms with Crippen molar-refractivity contribution in [3.63, 3.8) is 0 Å². The Labute approximate surface area is 175 Å². The Kier molecular flexibility index (Phi) is 7.58. The quantitative estimate of drug-likeness (QED) is 0.115. The Bertz CT molecular complexity index is 542. The van der Waals surface area contributed by atoms with E-state index in [4.69, 9.17) is 0 Å². The monoisotopic (exact) mass is 562 g/mol. The van der Waals surface area contributed by atoms with Gasteiger partial charge < -0.3 is 0 Å². The zero-order chi connectivity index (χ0) is 23.2. The van der Waals surface area contributed by atoms with Crippen LogP contribution in [0.2, 0.25) is 0 Å². The number of rotatable bonds is 9. The molecule has 0 saturated heterocycles. The van der Waals surface area contributed by atoms with E-state index >= 15 is 0 Å². The predicted octanol–water partition coefficient (Wildman–Crippen LogP) is 8.22. The molecule has 0 amide bonds. The van der Waals surface area contributed by atoms with Crippen LogP contribution in [0, 0.1) is 0 Å². The number of alkyl halides is 12. The first-order chi connectivity index (χ1) is 12.8. The van der Waals surface area contributed by atoms with E-state index in [-0.39, 0.29) is 12.8 Å². The summed E-state index contributed by atoms with van der Waals surface area (Å²) in [5, 5.41) is 0. The molecule has 0 bridgehead atoms. The van der Waals surface area contributed by atoms with Gasteiger partial charge >= 0.3 is 29.6 Å². The van der Waals surface area contributed by atoms with Crippen molar-refractivity contribution in [3.05, 3.63) is 0 Å². The Morgan fingerprint density at radius 1 is 0.586 bits per heavy atom. The molecule has 29 heavy (non-hydrogen) atoms. The third kappa shape index (κ3) is 3.96. The van der Waals surface area contributed by atoms with Crippen molar-refractivity contribution in [2.75, 3.05) is 0 Å². The van der Waals surface area contributed by atoms with E-state index in [2.05, 4.69) is 0 Å². The summed E-state index contributed by atoms with van der Waals surface area (Å²) in [6.45, 7) is 2.90. The van der Waals surface area contributed by atoms with Gasteiger partial charge in [-0.1, -0.05) is 75.0 Å². The van der Waals surface area contributed by atoms with E-state index in [1.54, 1.807) is 0 Å². The minimum Gasteiger partial charge on any atom is -0.230 e. The van der Waals surface area contributed by atoms with Gasteiger partial charge in [-0.2, -0.15) is 43.9 Å². The highest BCUT2D eigenvalue weighted by Crippen LogP contribution is 2.71. The topological polar surface area (TPSA) is 0 Å². The van der Waals surface area contributed by atoms with Crippen LogP contribution in [0.3, 0.4) is 0 Å². The first kappa shape index (κ1) is 27.0. The maximum absolute atomic E-state index is 14.8. The molecule has 0 aromatic heterocycles. The molecule has 0 spiro atoms. The van der Waals surface area contributed by atoms with Crippen LogP contribution in [0.5, 0.6) is 0 Å². The van der Waals surface area contributed by atoms with Gasteiger partial charge in [0.05, 0.1) is 0 Å². The molecule has 1 fully saturated rings. The van der Waals surface area contributed by atoms with Crippen molar-refractivity contribution < 1.29 is 48.3 Å². The molecule has 1 aliphatic carbocycles. The Morgan fingerprint density at radius 2 is 0.931 bits per heavy atom. The zero-order valence-electron chi connectivity index (χ0n) is 15.7. The maximum atomic E-state index is 14.8. The largest absolute Gasteiger partial charge is 0.384 e. The van der Waals surface area contributed by atoms with Crippen LogP contribution in [0.4, 0.5) is 48.3 Å². The summed E-state index contributed by atoms with van der Waals surface area (Å²) in [5.41, 5.74) is -5.88. The van der Waals surface area contributed by atoms with Crippen molar-refractivity contribution in [2.24, 2.45) is 0 Å².